The highest BCUT2D eigenvalue weighted by Crippen LogP contribution is 2.23. The van der Waals surface area contributed by atoms with Gasteiger partial charge in [-0.2, -0.15) is 0 Å². The number of esters is 1. The minimum absolute atomic E-state index is 0.0344. The Bertz CT molecular complexity index is 1180. The third-order valence-corrected chi connectivity index (χ3v) is 5.50. The van der Waals surface area contributed by atoms with Crippen LogP contribution < -0.4 is 15.1 Å². The molecule has 0 spiro atoms. The van der Waals surface area contributed by atoms with E-state index < -0.39 is 21.6 Å². The van der Waals surface area contributed by atoms with E-state index in [2.05, 4.69) is 4.72 Å². The lowest BCUT2D eigenvalue weighted by Gasteiger charge is -2.09. The maximum atomic E-state index is 12.3. The second-order valence-corrected chi connectivity index (χ2v) is 7.65. The molecule has 1 heterocycles. The lowest BCUT2D eigenvalue weighted by Crippen LogP contribution is -2.18. The second kappa shape index (κ2) is 7.83. The van der Waals surface area contributed by atoms with Crippen molar-refractivity contribution < 1.29 is 27.1 Å². The van der Waals surface area contributed by atoms with Gasteiger partial charge in [-0.15, -0.1) is 0 Å². The van der Waals surface area contributed by atoms with Crippen molar-refractivity contribution in [1.29, 1.82) is 0 Å². The van der Waals surface area contributed by atoms with Gasteiger partial charge in [0, 0.05) is 23.1 Å². The molecule has 0 aliphatic rings. The van der Waals surface area contributed by atoms with E-state index in [0.717, 1.165) is 0 Å². The van der Waals surface area contributed by atoms with Crippen LogP contribution in [0.2, 0.25) is 0 Å². The third kappa shape index (κ3) is 4.05. The highest BCUT2D eigenvalue weighted by molar-refractivity contribution is 7.89. The molecule has 0 fully saturated rings. The van der Waals surface area contributed by atoms with Crippen LogP contribution in [0.1, 0.15) is 15.9 Å². The fourth-order valence-corrected chi connectivity index (χ4v) is 3.30. The number of carbonyl (C=O) groups excluding carboxylic acids is 1. The Kier molecular flexibility index (Phi) is 5.48. The van der Waals surface area contributed by atoms with E-state index in [4.69, 9.17) is 13.9 Å². The van der Waals surface area contributed by atoms with E-state index in [1.165, 1.54) is 44.5 Å². The summed E-state index contributed by atoms with van der Waals surface area (Å²) in [6.07, 6.45) is 0. The summed E-state index contributed by atoms with van der Waals surface area (Å²) in [5, 5.41) is 0.615. The van der Waals surface area contributed by atoms with E-state index in [1.54, 1.807) is 18.2 Å². The topological polar surface area (TPSA) is 112 Å². The molecule has 1 N–H and O–H groups in total. The van der Waals surface area contributed by atoms with Gasteiger partial charge in [-0.3, -0.25) is 0 Å². The molecule has 0 atom stereocenters. The van der Waals surface area contributed by atoms with E-state index in [-0.39, 0.29) is 17.1 Å². The van der Waals surface area contributed by atoms with Gasteiger partial charge >= 0.3 is 11.6 Å². The van der Waals surface area contributed by atoms with Gasteiger partial charge in [0.25, 0.3) is 0 Å². The number of methoxy groups -OCH3 is 1. The molecule has 0 amide bonds. The van der Waals surface area contributed by atoms with Gasteiger partial charge in [0.1, 0.15) is 17.9 Å². The molecule has 0 radical (unpaired) electrons. The molecular formula is C19H17NO7S. The maximum Gasteiger partial charge on any atom is 0.338 e. The van der Waals surface area contributed by atoms with E-state index >= 15 is 0 Å². The highest BCUT2D eigenvalue weighted by atomic mass is 32.2. The summed E-state index contributed by atoms with van der Waals surface area (Å²) < 4.78 is 41.2. The van der Waals surface area contributed by atoms with Crippen LogP contribution in [0.25, 0.3) is 11.0 Å². The molecule has 0 saturated carbocycles. The summed E-state index contributed by atoms with van der Waals surface area (Å²) in [6.45, 7) is -0.149. The molecule has 2 aromatic carbocycles. The lowest BCUT2D eigenvalue weighted by molar-refractivity contribution is 0.0473. The minimum Gasteiger partial charge on any atom is -0.497 e. The van der Waals surface area contributed by atoms with Crippen LogP contribution in [0.15, 0.2) is 62.6 Å². The zero-order valence-corrected chi connectivity index (χ0v) is 15.9. The van der Waals surface area contributed by atoms with Crippen LogP contribution in [0, 0.1) is 0 Å². The van der Waals surface area contributed by atoms with Crippen molar-refractivity contribution in [3.8, 4) is 5.75 Å². The van der Waals surface area contributed by atoms with Crippen LogP contribution >= 0.6 is 0 Å². The Labute approximate surface area is 160 Å². The second-order valence-electron chi connectivity index (χ2n) is 5.76. The van der Waals surface area contributed by atoms with E-state index in [0.29, 0.717) is 22.3 Å². The number of sulfonamides is 1. The Morgan fingerprint density at radius 2 is 1.82 bits per heavy atom. The largest absolute Gasteiger partial charge is 0.497 e. The smallest absolute Gasteiger partial charge is 0.338 e. The summed E-state index contributed by atoms with van der Waals surface area (Å²) >= 11 is 0. The number of nitrogens with one attached hydrogen (secondary N) is 1. The van der Waals surface area contributed by atoms with Crippen molar-refractivity contribution in [2.45, 2.75) is 11.5 Å². The van der Waals surface area contributed by atoms with E-state index in [1.807, 2.05) is 0 Å². The van der Waals surface area contributed by atoms with Crippen molar-refractivity contribution in [2.24, 2.45) is 0 Å². The molecule has 0 aliphatic carbocycles. The summed E-state index contributed by atoms with van der Waals surface area (Å²) in [7, 11) is -0.791. The number of carbonyl (C=O) groups is 1. The molecule has 0 saturated heterocycles. The zero-order chi connectivity index (χ0) is 20.3. The molecular weight excluding hydrogens is 386 g/mol. The van der Waals surface area contributed by atoms with Gasteiger partial charge in [-0.25, -0.2) is 22.7 Å². The number of ether oxygens (including phenoxy) is 2. The Morgan fingerprint density at radius 3 is 2.46 bits per heavy atom. The van der Waals surface area contributed by atoms with Gasteiger partial charge in [0.05, 0.1) is 17.6 Å². The molecule has 0 aliphatic heterocycles. The van der Waals surface area contributed by atoms with Crippen LogP contribution in [-0.2, 0) is 21.4 Å². The summed E-state index contributed by atoms with van der Waals surface area (Å²) in [6, 6.07) is 11.6. The van der Waals surface area contributed by atoms with E-state index in [9.17, 15) is 18.0 Å². The maximum absolute atomic E-state index is 12.3. The molecule has 9 heteroatoms. The van der Waals surface area contributed by atoms with Gasteiger partial charge < -0.3 is 13.9 Å². The number of hydrogen-bond acceptors (Lipinski definition) is 7. The number of benzene rings is 2. The number of rotatable bonds is 6. The molecule has 146 valence electrons. The van der Waals surface area contributed by atoms with Crippen molar-refractivity contribution in [3.05, 3.63) is 70.1 Å². The first kappa shape index (κ1) is 19.6. The minimum atomic E-state index is -3.59. The van der Waals surface area contributed by atoms with Crippen LogP contribution in [-0.4, -0.2) is 28.5 Å². The average Bonchev–Trinajstić information content (AvgIpc) is 2.71. The predicted molar refractivity (Wildman–Crippen MR) is 101 cm³/mol. The molecule has 3 rings (SSSR count). The van der Waals surface area contributed by atoms with Gasteiger partial charge in [-0.1, -0.05) is 0 Å². The Hall–Kier alpha value is -3.17. The fraction of sp³-hybridized carbons (Fsp3) is 0.158. The quantitative estimate of drug-likeness (QED) is 0.495. The van der Waals surface area contributed by atoms with Crippen LogP contribution in [0.3, 0.4) is 0 Å². The molecule has 8 nitrogen and oxygen atoms in total. The molecule has 0 bridgehead atoms. The predicted octanol–water partition coefficient (Wildman–Crippen LogP) is 2.07. The van der Waals surface area contributed by atoms with Gasteiger partial charge in [-0.05, 0) is 43.4 Å². The molecule has 28 heavy (non-hydrogen) atoms. The van der Waals surface area contributed by atoms with Crippen molar-refractivity contribution in [1.82, 2.24) is 4.72 Å². The van der Waals surface area contributed by atoms with Crippen LogP contribution in [0.5, 0.6) is 5.75 Å². The van der Waals surface area contributed by atoms with Gasteiger partial charge in [0.15, 0.2) is 0 Å². The zero-order valence-electron chi connectivity index (χ0n) is 15.1. The summed E-state index contributed by atoms with van der Waals surface area (Å²) in [5.41, 5.74) is 0.411. The first-order valence-electron chi connectivity index (χ1n) is 8.15. The number of hydrogen-bond donors (Lipinski definition) is 1. The first-order valence-corrected chi connectivity index (χ1v) is 9.64. The first-order chi connectivity index (χ1) is 13.3. The summed E-state index contributed by atoms with van der Waals surface area (Å²) in [5.74, 6) is -0.121. The monoisotopic (exact) mass is 403 g/mol. The normalized spacial score (nSPS) is 11.4. The van der Waals surface area contributed by atoms with Crippen LogP contribution in [0.4, 0.5) is 0 Å². The summed E-state index contributed by atoms with van der Waals surface area (Å²) in [4.78, 5) is 24.1. The Morgan fingerprint density at radius 1 is 1.11 bits per heavy atom. The molecule has 0 unspecified atom stereocenters. The van der Waals surface area contributed by atoms with Crippen molar-refractivity contribution in [3.63, 3.8) is 0 Å². The third-order valence-electron chi connectivity index (χ3n) is 4.07. The van der Waals surface area contributed by atoms with Crippen molar-refractivity contribution in [2.75, 3.05) is 14.2 Å². The standard InChI is InChI=1S/C19H17NO7S/c1-20-28(23,24)15-6-3-12(4-7-15)19(22)26-11-13-9-18(21)27-17-10-14(25-2)5-8-16(13)17/h3-10,20H,11H2,1-2H3. The Balaban J connectivity index is 1.80. The van der Waals surface area contributed by atoms with Crippen molar-refractivity contribution >= 4 is 27.0 Å². The lowest BCUT2D eigenvalue weighted by atomic mass is 10.1. The number of fused-ring (bicyclic) bond motifs is 1. The average molecular weight is 403 g/mol. The van der Waals surface area contributed by atoms with Gasteiger partial charge in [0.2, 0.25) is 10.0 Å². The molecule has 3 aromatic rings. The molecule has 1 aromatic heterocycles. The highest BCUT2D eigenvalue weighted by Gasteiger charge is 2.14. The fourth-order valence-electron chi connectivity index (χ4n) is 2.57. The SMILES string of the molecule is CNS(=O)(=O)c1ccc(C(=O)OCc2cc(=O)oc3cc(OC)ccc23)cc1.